The molecule has 0 spiro atoms. The largest absolute Gasteiger partial charge is 0.355 e. The molecule has 0 aliphatic carbocycles. The summed E-state index contributed by atoms with van der Waals surface area (Å²) in [5.41, 5.74) is 3.01. The minimum atomic E-state index is -0.397. The Kier molecular flexibility index (Phi) is 5.20. The SMILES string of the molecule is CNC(=O)c1cc(Cl)cc(C)c1NC(=O)c1ccc2c(c1)nc(C)c(=O)n2C. The van der Waals surface area contributed by atoms with Gasteiger partial charge in [-0.2, -0.15) is 0 Å². The average molecular weight is 399 g/mol. The lowest BCUT2D eigenvalue weighted by atomic mass is 10.1. The zero-order chi connectivity index (χ0) is 20.6. The summed E-state index contributed by atoms with van der Waals surface area (Å²) in [4.78, 5) is 41.3. The van der Waals surface area contributed by atoms with Crippen LogP contribution in [-0.4, -0.2) is 28.4 Å². The molecule has 0 radical (unpaired) electrons. The van der Waals surface area contributed by atoms with E-state index in [0.717, 1.165) is 0 Å². The van der Waals surface area contributed by atoms with E-state index in [9.17, 15) is 14.4 Å². The van der Waals surface area contributed by atoms with Crippen LogP contribution in [0.25, 0.3) is 11.0 Å². The van der Waals surface area contributed by atoms with Crippen LogP contribution in [0.15, 0.2) is 35.1 Å². The van der Waals surface area contributed by atoms with Gasteiger partial charge in [0.2, 0.25) is 0 Å². The van der Waals surface area contributed by atoms with Gasteiger partial charge in [0.25, 0.3) is 17.4 Å². The summed E-state index contributed by atoms with van der Waals surface area (Å²) >= 11 is 6.06. The molecule has 3 aromatic rings. The fraction of sp³-hybridized carbons (Fsp3) is 0.200. The van der Waals surface area contributed by atoms with E-state index in [1.807, 2.05) is 0 Å². The van der Waals surface area contributed by atoms with Crippen LogP contribution in [0.5, 0.6) is 0 Å². The van der Waals surface area contributed by atoms with Crippen LogP contribution in [-0.2, 0) is 7.05 Å². The van der Waals surface area contributed by atoms with Crippen molar-refractivity contribution >= 4 is 40.1 Å². The third kappa shape index (κ3) is 3.48. The molecular weight excluding hydrogens is 380 g/mol. The van der Waals surface area contributed by atoms with Crippen LogP contribution in [0.3, 0.4) is 0 Å². The number of aromatic nitrogens is 2. The van der Waals surface area contributed by atoms with Gasteiger partial charge in [-0.1, -0.05) is 11.6 Å². The van der Waals surface area contributed by atoms with E-state index in [1.54, 1.807) is 45.2 Å². The van der Waals surface area contributed by atoms with Gasteiger partial charge in [0.15, 0.2) is 0 Å². The highest BCUT2D eigenvalue weighted by Crippen LogP contribution is 2.26. The lowest BCUT2D eigenvalue weighted by Crippen LogP contribution is -2.23. The zero-order valence-electron chi connectivity index (χ0n) is 15.9. The fourth-order valence-electron chi connectivity index (χ4n) is 3.03. The Balaban J connectivity index is 2.04. The predicted octanol–water partition coefficient (Wildman–Crippen LogP) is 2.82. The number of carbonyl (C=O) groups is 2. The first-order chi connectivity index (χ1) is 13.2. The number of fused-ring (bicyclic) bond motifs is 1. The molecule has 0 bridgehead atoms. The molecule has 7 nitrogen and oxygen atoms in total. The van der Waals surface area contributed by atoms with Gasteiger partial charge in [0.1, 0.15) is 5.69 Å². The monoisotopic (exact) mass is 398 g/mol. The summed E-state index contributed by atoms with van der Waals surface area (Å²) in [6.07, 6.45) is 0. The van der Waals surface area contributed by atoms with Crippen molar-refractivity contribution in [2.45, 2.75) is 13.8 Å². The summed E-state index contributed by atoms with van der Waals surface area (Å²) in [7, 11) is 3.16. The normalized spacial score (nSPS) is 10.8. The van der Waals surface area contributed by atoms with Gasteiger partial charge >= 0.3 is 0 Å². The van der Waals surface area contributed by atoms with E-state index in [0.29, 0.717) is 38.6 Å². The minimum Gasteiger partial charge on any atom is -0.355 e. The maximum Gasteiger partial charge on any atom is 0.272 e. The van der Waals surface area contributed by atoms with Crippen LogP contribution < -0.4 is 16.2 Å². The lowest BCUT2D eigenvalue weighted by Gasteiger charge is -2.14. The van der Waals surface area contributed by atoms with E-state index in [4.69, 9.17) is 11.6 Å². The van der Waals surface area contributed by atoms with Crippen molar-refractivity contribution in [3.05, 3.63) is 68.1 Å². The number of nitrogens with one attached hydrogen (secondary N) is 2. The lowest BCUT2D eigenvalue weighted by molar-refractivity contribution is 0.0964. The zero-order valence-corrected chi connectivity index (χ0v) is 16.6. The van der Waals surface area contributed by atoms with Crippen molar-refractivity contribution in [1.82, 2.24) is 14.9 Å². The molecular formula is C20H19ClN4O3. The second-order valence-corrected chi connectivity index (χ2v) is 6.88. The van der Waals surface area contributed by atoms with Gasteiger partial charge in [-0.15, -0.1) is 0 Å². The molecule has 144 valence electrons. The third-order valence-electron chi connectivity index (χ3n) is 4.51. The topological polar surface area (TPSA) is 93.1 Å². The molecule has 0 atom stereocenters. The number of aryl methyl sites for hydroxylation is 3. The summed E-state index contributed by atoms with van der Waals surface area (Å²) < 4.78 is 1.49. The Labute approximate surface area is 166 Å². The molecule has 28 heavy (non-hydrogen) atoms. The molecule has 0 fully saturated rings. The standard InChI is InChI=1S/C20H19ClN4O3/c1-10-7-13(21)9-14(19(27)22-3)17(10)24-18(26)12-5-6-16-15(8-12)23-11(2)20(28)25(16)4/h5-9H,1-4H3,(H,22,27)(H,24,26). The smallest absolute Gasteiger partial charge is 0.272 e. The van der Waals surface area contributed by atoms with Crippen LogP contribution in [0, 0.1) is 13.8 Å². The fourth-order valence-corrected chi connectivity index (χ4v) is 3.30. The van der Waals surface area contributed by atoms with E-state index in [1.165, 1.54) is 17.7 Å². The number of nitrogens with zero attached hydrogens (tertiary/aromatic N) is 2. The Morgan fingerprint density at radius 1 is 1.11 bits per heavy atom. The van der Waals surface area contributed by atoms with Crippen LogP contribution in [0.1, 0.15) is 32.0 Å². The number of anilines is 1. The molecule has 0 unspecified atom stereocenters. The van der Waals surface area contributed by atoms with Gasteiger partial charge in [0.05, 0.1) is 22.3 Å². The molecule has 2 N–H and O–H groups in total. The molecule has 1 heterocycles. The summed E-state index contributed by atoms with van der Waals surface area (Å²) in [5.74, 6) is -0.752. The number of amides is 2. The quantitative estimate of drug-likeness (QED) is 0.709. The summed E-state index contributed by atoms with van der Waals surface area (Å²) in [5, 5.41) is 5.73. The van der Waals surface area contributed by atoms with E-state index in [-0.39, 0.29) is 17.0 Å². The average Bonchev–Trinajstić information content (AvgIpc) is 2.66. The number of rotatable bonds is 3. The van der Waals surface area contributed by atoms with Gasteiger partial charge in [-0.3, -0.25) is 14.4 Å². The molecule has 1 aromatic heterocycles. The van der Waals surface area contributed by atoms with Crippen molar-refractivity contribution in [2.75, 3.05) is 12.4 Å². The van der Waals surface area contributed by atoms with Crippen molar-refractivity contribution in [3.63, 3.8) is 0 Å². The predicted molar refractivity (Wildman–Crippen MR) is 109 cm³/mol. The Morgan fingerprint density at radius 2 is 1.82 bits per heavy atom. The first kappa shape index (κ1) is 19.6. The van der Waals surface area contributed by atoms with Gasteiger partial charge in [-0.25, -0.2) is 4.98 Å². The summed E-state index contributed by atoms with van der Waals surface area (Å²) in [6, 6.07) is 8.07. The molecule has 8 heteroatoms. The summed E-state index contributed by atoms with van der Waals surface area (Å²) in [6.45, 7) is 3.39. The van der Waals surface area contributed by atoms with Crippen molar-refractivity contribution in [1.29, 1.82) is 0 Å². The Bertz CT molecular complexity index is 1180. The maximum atomic E-state index is 12.8. The molecule has 0 saturated carbocycles. The molecule has 0 aliphatic heterocycles. The van der Waals surface area contributed by atoms with E-state index < -0.39 is 5.91 Å². The highest BCUT2D eigenvalue weighted by Gasteiger charge is 2.18. The Hall–Kier alpha value is -3.19. The van der Waals surface area contributed by atoms with Gasteiger partial charge in [-0.05, 0) is 49.7 Å². The molecule has 0 aliphatic rings. The van der Waals surface area contributed by atoms with E-state index >= 15 is 0 Å². The van der Waals surface area contributed by atoms with Crippen molar-refractivity contribution < 1.29 is 9.59 Å². The van der Waals surface area contributed by atoms with Crippen molar-refractivity contribution in [3.8, 4) is 0 Å². The number of hydrogen-bond donors (Lipinski definition) is 2. The highest BCUT2D eigenvalue weighted by molar-refractivity contribution is 6.31. The van der Waals surface area contributed by atoms with Crippen molar-refractivity contribution in [2.24, 2.45) is 7.05 Å². The number of carbonyl (C=O) groups excluding carboxylic acids is 2. The molecule has 3 rings (SSSR count). The van der Waals surface area contributed by atoms with Gasteiger partial charge in [0, 0.05) is 24.7 Å². The van der Waals surface area contributed by atoms with Crippen LogP contribution >= 0.6 is 11.6 Å². The third-order valence-corrected chi connectivity index (χ3v) is 4.73. The van der Waals surface area contributed by atoms with Crippen LogP contribution in [0.2, 0.25) is 5.02 Å². The molecule has 2 aromatic carbocycles. The second kappa shape index (κ2) is 7.44. The maximum absolute atomic E-state index is 12.8. The van der Waals surface area contributed by atoms with Gasteiger partial charge < -0.3 is 15.2 Å². The second-order valence-electron chi connectivity index (χ2n) is 6.44. The first-order valence-corrected chi connectivity index (χ1v) is 8.91. The van der Waals surface area contributed by atoms with Crippen LogP contribution in [0.4, 0.5) is 5.69 Å². The Morgan fingerprint density at radius 3 is 2.50 bits per heavy atom. The molecule has 2 amide bonds. The molecule has 0 saturated heterocycles. The van der Waals surface area contributed by atoms with E-state index in [2.05, 4.69) is 15.6 Å². The number of hydrogen-bond acceptors (Lipinski definition) is 4. The number of benzene rings is 2. The first-order valence-electron chi connectivity index (χ1n) is 8.54. The number of halogens is 1. The highest BCUT2D eigenvalue weighted by atomic mass is 35.5. The minimum absolute atomic E-state index is 0.184.